The molecule has 0 heterocycles. The lowest BCUT2D eigenvalue weighted by molar-refractivity contribution is -0.129. The van der Waals surface area contributed by atoms with E-state index < -0.39 is 9.04 Å². The lowest BCUT2D eigenvalue weighted by atomic mass is 10.6. The molecule has 0 aliphatic carbocycles. The van der Waals surface area contributed by atoms with E-state index in [0.717, 1.165) is 6.42 Å². The molecular weight excluding hydrogens is 180 g/mol. The Morgan fingerprint density at radius 3 is 2.82 bits per heavy atom. The molecule has 0 amide bonds. The maximum Gasteiger partial charge on any atom is 0.316 e. The first-order chi connectivity index (χ1) is 5.11. The van der Waals surface area contributed by atoms with Crippen molar-refractivity contribution in [3.63, 3.8) is 0 Å². The highest BCUT2D eigenvalue weighted by atomic mass is 35.5. The number of halogens is 1. The van der Waals surface area contributed by atoms with E-state index in [2.05, 4.69) is 6.58 Å². The van der Waals surface area contributed by atoms with Crippen LogP contribution in [0.15, 0.2) is 12.7 Å². The predicted octanol–water partition coefficient (Wildman–Crippen LogP) is 1.63. The van der Waals surface area contributed by atoms with Crippen molar-refractivity contribution in [2.24, 2.45) is 0 Å². The highest BCUT2D eigenvalue weighted by Gasteiger charge is 2.17. The Morgan fingerprint density at radius 2 is 2.45 bits per heavy atom. The molecule has 0 saturated heterocycles. The molecule has 0 radical (unpaired) electrons. The van der Waals surface area contributed by atoms with Crippen LogP contribution in [-0.2, 0) is 9.22 Å². The molecule has 2 nitrogen and oxygen atoms in total. The summed E-state index contributed by atoms with van der Waals surface area (Å²) >= 11 is 5.87. The quantitative estimate of drug-likeness (QED) is 0.385. The minimum Gasteiger partial charge on any atom is -0.518 e. The third-order valence-electron chi connectivity index (χ3n) is 1.37. The van der Waals surface area contributed by atoms with Crippen LogP contribution < -0.4 is 0 Å². The van der Waals surface area contributed by atoms with Crippen molar-refractivity contribution < 1.29 is 9.22 Å². The lowest BCUT2D eigenvalue weighted by Gasteiger charge is -2.13. The molecule has 0 aromatic carbocycles. The maximum atomic E-state index is 10.7. The predicted molar refractivity (Wildman–Crippen MR) is 49.2 cm³/mol. The van der Waals surface area contributed by atoms with Gasteiger partial charge in [-0.2, -0.15) is 0 Å². The second kappa shape index (κ2) is 5.38. The Labute approximate surface area is 73.9 Å². The first-order valence-corrected chi connectivity index (χ1v) is 6.31. The summed E-state index contributed by atoms with van der Waals surface area (Å²) in [5, 5.41) is 0.0268. The molecule has 0 bridgehead atoms. The maximum absolute atomic E-state index is 10.7. The van der Waals surface area contributed by atoms with Gasteiger partial charge in [0.2, 0.25) is 0 Å². The highest BCUT2D eigenvalue weighted by Crippen LogP contribution is 2.07. The Hall–Kier alpha value is -0.283. The number of hydrogen-bond acceptors (Lipinski definition) is 2. The third kappa shape index (κ3) is 4.21. The number of alkyl halides is 1. The van der Waals surface area contributed by atoms with Gasteiger partial charge in [-0.15, -0.1) is 11.6 Å². The van der Waals surface area contributed by atoms with E-state index in [9.17, 15) is 4.79 Å². The minimum atomic E-state index is -1.53. The van der Waals surface area contributed by atoms with E-state index in [1.165, 1.54) is 6.08 Å². The van der Waals surface area contributed by atoms with Gasteiger partial charge in [0.05, 0.1) is 5.00 Å². The Kier molecular flexibility index (Phi) is 5.24. The lowest BCUT2D eigenvalue weighted by Crippen LogP contribution is -2.28. The molecule has 11 heavy (non-hydrogen) atoms. The van der Waals surface area contributed by atoms with Crippen molar-refractivity contribution >= 4 is 26.6 Å². The van der Waals surface area contributed by atoms with Crippen LogP contribution in [0.5, 0.6) is 0 Å². The van der Waals surface area contributed by atoms with Crippen LogP contribution in [-0.4, -0.2) is 20.0 Å². The first-order valence-electron chi connectivity index (χ1n) is 3.59. The van der Waals surface area contributed by atoms with E-state index in [1.807, 2.05) is 13.5 Å². The fourth-order valence-electron chi connectivity index (χ4n) is 0.637. The van der Waals surface area contributed by atoms with Gasteiger partial charge in [0, 0.05) is 6.08 Å². The summed E-state index contributed by atoms with van der Waals surface area (Å²) in [5.41, 5.74) is 0. The minimum absolute atomic E-state index is 0.0268. The molecule has 0 aliphatic rings. The van der Waals surface area contributed by atoms with Gasteiger partial charge in [0.25, 0.3) is 9.04 Å². The molecule has 0 aromatic rings. The van der Waals surface area contributed by atoms with E-state index in [4.69, 9.17) is 16.0 Å². The molecule has 2 atom stereocenters. The molecule has 2 unspecified atom stereocenters. The molecule has 0 saturated carbocycles. The van der Waals surface area contributed by atoms with Crippen LogP contribution in [0.4, 0.5) is 0 Å². The average Bonchev–Trinajstić information content (AvgIpc) is 2.02. The zero-order valence-corrected chi connectivity index (χ0v) is 8.75. The van der Waals surface area contributed by atoms with Gasteiger partial charge in [0.15, 0.2) is 0 Å². The smallest absolute Gasteiger partial charge is 0.316 e. The standard InChI is InChI=1S/C7H13ClO2Si/c1-4-6(8)11(3)10-7(9)5-2/h5-6,11H,2,4H2,1,3H3. The summed E-state index contributed by atoms with van der Waals surface area (Å²) in [4.78, 5) is 10.7. The molecule has 4 heteroatoms. The fourth-order valence-corrected chi connectivity index (χ4v) is 2.07. The summed E-state index contributed by atoms with van der Waals surface area (Å²) in [6.45, 7) is 7.18. The van der Waals surface area contributed by atoms with Crippen molar-refractivity contribution in [2.75, 3.05) is 0 Å². The monoisotopic (exact) mass is 192 g/mol. The van der Waals surface area contributed by atoms with Gasteiger partial charge in [-0.1, -0.05) is 13.5 Å². The molecule has 0 fully saturated rings. The number of carbonyl (C=O) groups excluding carboxylic acids is 1. The number of rotatable bonds is 4. The molecule has 64 valence electrons. The second-order valence-corrected chi connectivity index (χ2v) is 5.70. The molecule has 0 spiro atoms. The van der Waals surface area contributed by atoms with Crippen LogP contribution in [0.2, 0.25) is 6.55 Å². The van der Waals surface area contributed by atoms with E-state index >= 15 is 0 Å². The van der Waals surface area contributed by atoms with Crippen molar-refractivity contribution in [2.45, 2.75) is 24.9 Å². The van der Waals surface area contributed by atoms with Gasteiger partial charge < -0.3 is 4.43 Å². The fraction of sp³-hybridized carbons (Fsp3) is 0.571. The molecular formula is C7H13ClO2Si. The van der Waals surface area contributed by atoms with Crippen LogP contribution in [0.25, 0.3) is 0 Å². The zero-order valence-electron chi connectivity index (χ0n) is 6.84. The Bertz CT molecular complexity index is 149. The summed E-state index contributed by atoms with van der Waals surface area (Å²) in [6, 6.07) is 0. The van der Waals surface area contributed by atoms with E-state index in [-0.39, 0.29) is 11.0 Å². The zero-order chi connectivity index (χ0) is 8.85. The van der Waals surface area contributed by atoms with Gasteiger partial charge in [-0.05, 0) is 13.0 Å². The molecule has 0 N–H and O–H groups in total. The summed E-state index contributed by atoms with van der Waals surface area (Å²) in [7, 11) is -1.53. The average molecular weight is 193 g/mol. The van der Waals surface area contributed by atoms with Gasteiger partial charge in [-0.25, -0.2) is 4.79 Å². The number of hydrogen-bond donors (Lipinski definition) is 0. The van der Waals surface area contributed by atoms with Crippen LogP contribution in [0, 0.1) is 0 Å². The van der Waals surface area contributed by atoms with Crippen molar-refractivity contribution in [3.8, 4) is 0 Å². The molecule has 0 rings (SSSR count). The largest absolute Gasteiger partial charge is 0.518 e. The normalized spacial score (nSPS) is 15.2. The summed E-state index contributed by atoms with van der Waals surface area (Å²) in [6.07, 6.45) is 2.02. The van der Waals surface area contributed by atoms with Crippen molar-refractivity contribution in [1.29, 1.82) is 0 Å². The summed E-state index contributed by atoms with van der Waals surface area (Å²) in [5.74, 6) is -0.358. The molecule has 0 aliphatic heterocycles. The number of carbonyl (C=O) groups is 1. The van der Waals surface area contributed by atoms with E-state index in [0.29, 0.717) is 0 Å². The topological polar surface area (TPSA) is 26.3 Å². The van der Waals surface area contributed by atoms with Gasteiger partial charge >= 0.3 is 5.97 Å². The second-order valence-electron chi connectivity index (χ2n) is 2.27. The Morgan fingerprint density at radius 1 is 1.91 bits per heavy atom. The van der Waals surface area contributed by atoms with Crippen molar-refractivity contribution in [3.05, 3.63) is 12.7 Å². The van der Waals surface area contributed by atoms with Crippen molar-refractivity contribution in [1.82, 2.24) is 0 Å². The van der Waals surface area contributed by atoms with Crippen LogP contribution in [0.3, 0.4) is 0 Å². The Balaban J connectivity index is 3.76. The molecule has 0 aromatic heterocycles. The first kappa shape index (κ1) is 10.7. The van der Waals surface area contributed by atoms with Gasteiger partial charge in [0.1, 0.15) is 0 Å². The SMILES string of the molecule is C=CC(=O)O[SiH](C)C(Cl)CC. The summed E-state index contributed by atoms with van der Waals surface area (Å²) < 4.78 is 5.00. The van der Waals surface area contributed by atoms with Crippen LogP contribution >= 0.6 is 11.6 Å². The van der Waals surface area contributed by atoms with E-state index in [1.54, 1.807) is 0 Å². The van der Waals surface area contributed by atoms with Crippen LogP contribution in [0.1, 0.15) is 13.3 Å². The highest BCUT2D eigenvalue weighted by molar-refractivity contribution is 6.64. The third-order valence-corrected chi connectivity index (χ3v) is 4.84. The van der Waals surface area contributed by atoms with Gasteiger partial charge in [-0.3, -0.25) is 0 Å².